The number of benzene rings is 1. The number of carboxylic acid groups (broad SMARTS) is 1. The Balaban J connectivity index is 1.98. The normalized spacial score (nSPS) is 17.8. The van der Waals surface area contributed by atoms with Gasteiger partial charge in [0, 0.05) is 24.5 Å². The number of thioether (sulfide) groups is 1. The molecule has 1 aliphatic heterocycles. The van der Waals surface area contributed by atoms with Crippen molar-refractivity contribution in [1.82, 2.24) is 4.90 Å². The molecule has 1 aromatic carbocycles. The van der Waals surface area contributed by atoms with Gasteiger partial charge in [0.25, 0.3) is 0 Å². The van der Waals surface area contributed by atoms with Gasteiger partial charge in [0.2, 0.25) is 0 Å². The highest BCUT2D eigenvalue weighted by Gasteiger charge is 2.23. The van der Waals surface area contributed by atoms with E-state index < -0.39 is 5.97 Å². The van der Waals surface area contributed by atoms with E-state index in [1.807, 2.05) is 11.8 Å². The summed E-state index contributed by atoms with van der Waals surface area (Å²) < 4.78 is 0. The van der Waals surface area contributed by atoms with Crippen molar-refractivity contribution in [2.45, 2.75) is 18.9 Å². The first-order valence-corrected chi connectivity index (χ1v) is 7.64. The SMILES string of the molecule is CN(C(=O)Nc1cccc(CC(=O)O)c1)C1CCSC1. The van der Waals surface area contributed by atoms with Crippen LogP contribution in [0.15, 0.2) is 24.3 Å². The molecule has 2 rings (SSSR count). The summed E-state index contributed by atoms with van der Waals surface area (Å²) in [6.07, 6.45) is 0.979. The predicted molar refractivity (Wildman–Crippen MR) is 80.3 cm³/mol. The highest BCUT2D eigenvalue weighted by atomic mass is 32.2. The molecule has 1 aromatic rings. The van der Waals surface area contributed by atoms with Crippen LogP contribution >= 0.6 is 11.8 Å². The summed E-state index contributed by atoms with van der Waals surface area (Å²) in [5.74, 6) is 1.19. The lowest BCUT2D eigenvalue weighted by molar-refractivity contribution is -0.136. The van der Waals surface area contributed by atoms with E-state index in [-0.39, 0.29) is 18.5 Å². The average Bonchev–Trinajstić information content (AvgIpc) is 2.91. The number of hydrogen-bond donors (Lipinski definition) is 2. The van der Waals surface area contributed by atoms with E-state index >= 15 is 0 Å². The van der Waals surface area contributed by atoms with Gasteiger partial charge in [-0.25, -0.2) is 4.79 Å². The lowest BCUT2D eigenvalue weighted by Gasteiger charge is -2.24. The quantitative estimate of drug-likeness (QED) is 0.894. The summed E-state index contributed by atoms with van der Waals surface area (Å²) >= 11 is 1.86. The lowest BCUT2D eigenvalue weighted by Crippen LogP contribution is -2.39. The van der Waals surface area contributed by atoms with Crippen LogP contribution < -0.4 is 5.32 Å². The van der Waals surface area contributed by atoms with Crippen molar-refractivity contribution < 1.29 is 14.7 Å². The zero-order valence-corrected chi connectivity index (χ0v) is 12.2. The molecule has 1 saturated heterocycles. The van der Waals surface area contributed by atoms with E-state index in [1.165, 1.54) is 0 Å². The number of carbonyl (C=O) groups is 2. The van der Waals surface area contributed by atoms with E-state index in [1.54, 1.807) is 36.2 Å². The first-order chi connectivity index (χ1) is 9.56. The van der Waals surface area contributed by atoms with Crippen molar-refractivity contribution in [3.8, 4) is 0 Å². The molecule has 1 heterocycles. The molecule has 1 fully saturated rings. The van der Waals surface area contributed by atoms with Gasteiger partial charge in [-0.05, 0) is 29.9 Å². The molecule has 0 aliphatic carbocycles. The maximum Gasteiger partial charge on any atom is 0.321 e. The number of nitrogens with zero attached hydrogens (tertiary/aromatic N) is 1. The van der Waals surface area contributed by atoms with E-state index in [4.69, 9.17) is 5.11 Å². The number of nitrogens with one attached hydrogen (secondary N) is 1. The smallest absolute Gasteiger partial charge is 0.321 e. The van der Waals surface area contributed by atoms with Crippen LogP contribution in [-0.4, -0.2) is 46.6 Å². The van der Waals surface area contributed by atoms with E-state index in [0.717, 1.165) is 17.9 Å². The van der Waals surface area contributed by atoms with Crippen LogP contribution in [0.4, 0.5) is 10.5 Å². The maximum absolute atomic E-state index is 12.1. The number of urea groups is 1. The molecule has 0 aromatic heterocycles. The minimum atomic E-state index is -0.881. The largest absolute Gasteiger partial charge is 0.481 e. The summed E-state index contributed by atoms with van der Waals surface area (Å²) in [5.41, 5.74) is 1.31. The Kier molecular flexibility index (Phi) is 4.89. The van der Waals surface area contributed by atoms with Crippen LogP contribution in [0.5, 0.6) is 0 Å². The Hall–Kier alpha value is -1.69. The van der Waals surface area contributed by atoms with E-state index in [0.29, 0.717) is 11.3 Å². The highest BCUT2D eigenvalue weighted by Crippen LogP contribution is 2.22. The number of amides is 2. The molecule has 0 bridgehead atoms. The number of carbonyl (C=O) groups excluding carboxylic acids is 1. The maximum atomic E-state index is 12.1. The third-order valence-corrected chi connectivity index (χ3v) is 4.45. The van der Waals surface area contributed by atoms with Gasteiger partial charge in [-0.3, -0.25) is 4.79 Å². The van der Waals surface area contributed by atoms with Gasteiger partial charge in [-0.2, -0.15) is 11.8 Å². The monoisotopic (exact) mass is 294 g/mol. The Morgan fingerprint density at radius 3 is 2.95 bits per heavy atom. The highest BCUT2D eigenvalue weighted by molar-refractivity contribution is 7.99. The molecular weight excluding hydrogens is 276 g/mol. The molecule has 6 heteroatoms. The molecule has 2 amide bonds. The molecule has 5 nitrogen and oxygen atoms in total. The summed E-state index contributed by atoms with van der Waals surface area (Å²) in [5, 5.41) is 11.6. The number of hydrogen-bond acceptors (Lipinski definition) is 3. The zero-order chi connectivity index (χ0) is 14.5. The number of rotatable bonds is 4. The Bertz CT molecular complexity index is 501. The second-order valence-electron chi connectivity index (χ2n) is 4.83. The van der Waals surface area contributed by atoms with Gasteiger partial charge in [0.1, 0.15) is 0 Å². The van der Waals surface area contributed by atoms with Gasteiger partial charge in [0.15, 0.2) is 0 Å². The van der Waals surface area contributed by atoms with Crippen LogP contribution in [0.1, 0.15) is 12.0 Å². The van der Waals surface area contributed by atoms with Crippen LogP contribution in [0.25, 0.3) is 0 Å². The van der Waals surface area contributed by atoms with Gasteiger partial charge >= 0.3 is 12.0 Å². The topological polar surface area (TPSA) is 69.6 Å². The van der Waals surface area contributed by atoms with Crippen LogP contribution in [0, 0.1) is 0 Å². The second kappa shape index (κ2) is 6.65. The molecule has 2 N–H and O–H groups in total. The van der Waals surface area contributed by atoms with Crippen LogP contribution in [0.2, 0.25) is 0 Å². The number of carboxylic acids is 1. The molecule has 0 radical (unpaired) electrons. The fraction of sp³-hybridized carbons (Fsp3) is 0.429. The third-order valence-electron chi connectivity index (χ3n) is 3.31. The summed E-state index contributed by atoms with van der Waals surface area (Å²) in [4.78, 5) is 24.5. The summed E-state index contributed by atoms with van der Waals surface area (Å²) in [6.45, 7) is 0. The first kappa shape index (κ1) is 14.7. The van der Waals surface area contributed by atoms with Crippen LogP contribution in [0.3, 0.4) is 0 Å². The molecule has 1 atom stereocenters. The van der Waals surface area contributed by atoms with Gasteiger partial charge in [-0.15, -0.1) is 0 Å². The van der Waals surface area contributed by atoms with Crippen molar-refractivity contribution in [3.05, 3.63) is 29.8 Å². The molecule has 108 valence electrons. The second-order valence-corrected chi connectivity index (χ2v) is 5.98. The van der Waals surface area contributed by atoms with E-state index in [9.17, 15) is 9.59 Å². The Morgan fingerprint density at radius 2 is 2.30 bits per heavy atom. The molecular formula is C14H18N2O3S. The average molecular weight is 294 g/mol. The Labute approximate surface area is 122 Å². The van der Waals surface area contributed by atoms with Gasteiger partial charge in [-0.1, -0.05) is 12.1 Å². The van der Waals surface area contributed by atoms with Crippen molar-refractivity contribution in [2.75, 3.05) is 23.9 Å². The minimum Gasteiger partial charge on any atom is -0.481 e. The Morgan fingerprint density at radius 1 is 1.50 bits per heavy atom. The third kappa shape index (κ3) is 3.90. The van der Waals surface area contributed by atoms with Crippen molar-refractivity contribution >= 4 is 29.4 Å². The number of anilines is 1. The fourth-order valence-corrected chi connectivity index (χ4v) is 3.41. The van der Waals surface area contributed by atoms with Crippen LogP contribution in [-0.2, 0) is 11.2 Å². The predicted octanol–water partition coefficient (Wildman–Crippen LogP) is 2.28. The van der Waals surface area contributed by atoms with Crippen molar-refractivity contribution in [3.63, 3.8) is 0 Å². The first-order valence-electron chi connectivity index (χ1n) is 6.48. The zero-order valence-electron chi connectivity index (χ0n) is 11.3. The lowest BCUT2D eigenvalue weighted by atomic mass is 10.1. The minimum absolute atomic E-state index is 0.0428. The molecule has 0 spiro atoms. The fourth-order valence-electron chi connectivity index (χ4n) is 2.14. The molecule has 1 aliphatic rings. The summed E-state index contributed by atoms with van der Waals surface area (Å²) in [6, 6.07) is 7.08. The van der Waals surface area contributed by atoms with Gasteiger partial charge in [0.05, 0.1) is 6.42 Å². The summed E-state index contributed by atoms with van der Waals surface area (Å²) in [7, 11) is 1.80. The molecule has 1 unspecified atom stereocenters. The standard InChI is InChI=1S/C14H18N2O3S/c1-16(12-5-6-20-9-12)14(19)15-11-4-2-3-10(7-11)8-13(17)18/h2-4,7,12H,5-6,8-9H2,1H3,(H,15,19)(H,17,18). The van der Waals surface area contributed by atoms with Gasteiger partial charge < -0.3 is 15.3 Å². The van der Waals surface area contributed by atoms with Crippen molar-refractivity contribution in [1.29, 1.82) is 0 Å². The van der Waals surface area contributed by atoms with Crippen molar-refractivity contribution in [2.24, 2.45) is 0 Å². The number of aliphatic carboxylic acids is 1. The molecule has 20 heavy (non-hydrogen) atoms. The van der Waals surface area contributed by atoms with E-state index in [2.05, 4.69) is 5.32 Å². The molecule has 0 saturated carbocycles.